The van der Waals surface area contributed by atoms with Crippen LogP contribution in [0.2, 0.25) is 5.02 Å². The lowest BCUT2D eigenvalue weighted by Crippen LogP contribution is -1.97. The molecule has 112 valence electrons. The Morgan fingerprint density at radius 3 is 2.67 bits per heavy atom. The molecule has 2 rings (SSSR count). The number of hydrogen-bond donors (Lipinski definition) is 2. The Labute approximate surface area is 130 Å². The summed E-state index contributed by atoms with van der Waals surface area (Å²) in [5.41, 5.74) is 1.15. The van der Waals surface area contributed by atoms with Crippen molar-refractivity contribution in [2.45, 2.75) is 20.3 Å². The van der Waals surface area contributed by atoms with Gasteiger partial charge in [-0.2, -0.15) is 0 Å². The number of aromatic nitrogens is 1. The lowest BCUT2D eigenvalue weighted by molar-refractivity contribution is 0.0701. The highest BCUT2D eigenvalue weighted by atomic mass is 35.5. The van der Waals surface area contributed by atoms with Gasteiger partial charge in [0.15, 0.2) is 11.5 Å². The molecular formula is C14H14ClNO4S. The first-order valence-corrected chi connectivity index (χ1v) is 7.56. The summed E-state index contributed by atoms with van der Waals surface area (Å²) in [5.74, 6) is -0.872. The zero-order chi connectivity index (χ0) is 15.6. The van der Waals surface area contributed by atoms with Gasteiger partial charge in [-0.05, 0) is 25.5 Å². The molecule has 0 aliphatic rings. The van der Waals surface area contributed by atoms with E-state index in [1.165, 1.54) is 0 Å². The molecule has 2 aromatic rings. The smallest absolute Gasteiger partial charge is 0.347 e. The van der Waals surface area contributed by atoms with E-state index in [-0.39, 0.29) is 21.4 Å². The maximum Gasteiger partial charge on any atom is 0.347 e. The zero-order valence-corrected chi connectivity index (χ0v) is 13.1. The molecule has 0 saturated heterocycles. The van der Waals surface area contributed by atoms with E-state index in [2.05, 4.69) is 4.98 Å². The minimum atomic E-state index is -0.995. The van der Waals surface area contributed by atoms with Gasteiger partial charge in [0.25, 0.3) is 0 Å². The van der Waals surface area contributed by atoms with E-state index in [1.807, 2.05) is 6.92 Å². The van der Waals surface area contributed by atoms with E-state index in [0.717, 1.165) is 11.3 Å². The van der Waals surface area contributed by atoms with Gasteiger partial charge in [0, 0.05) is 5.56 Å². The van der Waals surface area contributed by atoms with Gasteiger partial charge in [-0.1, -0.05) is 18.5 Å². The molecule has 0 saturated carbocycles. The van der Waals surface area contributed by atoms with Gasteiger partial charge in [0.1, 0.15) is 9.88 Å². The first kappa shape index (κ1) is 15.6. The summed E-state index contributed by atoms with van der Waals surface area (Å²) in [6.07, 6.45) is 0.530. The molecule has 0 bridgehead atoms. The van der Waals surface area contributed by atoms with Crippen LogP contribution in [0.25, 0.3) is 10.6 Å². The number of thiazole rings is 1. The average Bonchev–Trinajstić information content (AvgIpc) is 2.88. The first-order chi connectivity index (χ1) is 9.97. The topological polar surface area (TPSA) is 79.7 Å². The lowest BCUT2D eigenvalue weighted by Gasteiger charge is -2.08. The highest BCUT2D eigenvalue weighted by Gasteiger charge is 2.19. The van der Waals surface area contributed by atoms with Crippen LogP contribution in [-0.4, -0.2) is 27.8 Å². The second kappa shape index (κ2) is 6.32. The van der Waals surface area contributed by atoms with Crippen LogP contribution in [0.15, 0.2) is 12.1 Å². The van der Waals surface area contributed by atoms with E-state index in [0.29, 0.717) is 29.3 Å². The Bertz CT molecular complexity index is 684. The van der Waals surface area contributed by atoms with E-state index >= 15 is 0 Å². The third-order valence-electron chi connectivity index (χ3n) is 2.80. The second-order valence-corrected chi connectivity index (χ2v) is 5.60. The third kappa shape index (κ3) is 3.11. The molecule has 0 aliphatic heterocycles. The number of carboxylic acid groups (broad SMARTS) is 1. The van der Waals surface area contributed by atoms with E-state index < -0.39 is 5.97 Å². The van der Waals surface area contributed by atoms with Crippen LogP contribution in [0.4, 0.5) is 0 Å². The summed E-state index contributed by atoms with van der Waals surface area (Å²) in [6, 6.07) is 3.15. The van der Waals surface area contributed by atoms with Crippen molar-refractivity contribution >= 4 is 28.9 Å². The monoisotopic (exact) mass is 327 g/mol. The molecule has 0 unspecified atom stereocenters. The molecule has 5 nitrogen and oxygen atoms in total. The second-order valence-electron chi connectivity index (χ2n) is 4.19. The van der Waals surface area contributed by atoms with Gasteiger partial charge < -0.3 is 14.9 Å². The van der Waals surface area contributed by atoms with Crippen molar-refractivity contribution in [3.63, 3.8) is 0 Å². The fourth-order valence-electron chi connectivity index (χ4n) is 1.84. The van der Waals surface area contributed by atoms with Crippen LogP contribution < -0.4 is 4.74 Å². The molecule has 21 heavy (non-hydrogen) atoms. The molecule has 7 heteroatoms. The fraction of sp³-hybridized carbons (Fsp3) is 0.286. The number of phenolic OH excluding ortho intramolecular Hbond substituents is 1. The minimum absolute atomic E-state index is 0.131. The molecule has 0 aliphatic carbocycles. The lowest BCUT2D eigenvalue weighted by atomic mass is 10.2. The number of aromatic hydroxyl groups is 1. The Hall–Kier alpha value is -1.79. The summed E-state index contributed by atoms with van der Waals surface area (Å²) < 4.78 is 5.32. The molecule has 1 aromatic heterocycles. The average molecular weight is 328 g/mol. The molecule has 0 fully saturated rings. The number of rotatable bonds is 5. The quantitative estimate of drug-likeness (QED) is 0.872. The molecule has 1 heterocycles. The highest BCUT2D eigenvalue weighted by molar-refractivity contribution is 7.17. The number of nitrogens with zero attached hydrogens (tertiary/aromatic N) is 1. The van der Waals surface area contributed by atoms with Crippen molar-refractivity contribution in [1.82, 2.24) is 4.98 Å². The van der Waals surface area contributed by atoms with Crippen molar-refractivity contribution in [1.29, 1.82) is 0 Å². The summed E-state index contributed by atoms with van der Waals surface area (Å²) in [7, 11) is 0. The molecular weight excluding hydrogens is 314 g/mol. The van der Waals surface area contributed by atoms with Gasteiger partial charge in [-0.15, -0.1) is 11.3 Å². The van der Waals surface area contributed by atoms with Crippen LogP contribution in [0.1, 0.15) is 29.2 Å². The predicted octanol–water partition coefficient (Wildman–Crippen LogP) is 3.83. The van der Waals surface area contributed by atoms with Gasteiger partial charge in [-0.25, -0.2) is 9.78 Å². The number of halogens is 1. The Balaban J connectivity index is 2.54. The van der Waals surface area contributed by atoms with E-state index in [4.69, 9.17) is 16.3 Å². The summed E-state index contributed by atoms with van der Waals surface area (Å²) in [6.45, 7) is 4.02. The SMILES string of the molecule is CCOc1cc(-c2nc(CC)c(C(=O)O)s2)cc(Cl)c1O. The molecule has 1 aromatic carbocycles. The molecule has 2 N–H and O–H groups in total. The number of benzene rings is 1. The van der Waals surface area contributed by atoms with Crippen molar-refractivity contribution < 1.29 is 19.7 Å². The molecule has 0 atom stereocenters. The van der Waals surface area contributed by atoms with Crippen LogP contribution in [0, 0.1) is 0 Å². The summed E-state index contributed by atoms with van der Waals surface area (Å²) >= 11 is 7.06. The molecule has 0 amide bonds. The van der Waals surface area contributed by atoms with Crippen LogP contribution in [0.5, 0.6) is 11.5 Å². The normalized spacial score (nSPS) is 10.6. The number of phenols is 1. The van der Waals surface area contributed by atoms with Crippen molar-refractivity contribution in [3.8, 4) is 22.1 Å². The van der Waals surface area contributed by atoms with Crippen LogP contribution >= 0.6 is 22.9 Å². The van der Waals surface area contributed by atoms with Crippen LogP contribution in [0.3, 0.4) is 0 Å². The first-order valence-electron chi connectivity index (χ1n) is 6.36. The van der Waals surface area contributed by atoms with Crippen LogP contribution in [-0.2, 0) is 6.42 Å². The van der Waals surface area contributed by atoms with E-state index in [1.54, 1.807) is 19.1 Å². The van der Waals surface area contributed by atoms with Gasteiger partial charge >= 0.3 is 5.97 Å². The number of carboxylic acids is 1. The standard InChI is InChI=1S/C14H14ClNO4S/c1-3-9-12(14(18)19)21-13(16-9)7-5-8(15)11(17)10(6-7)20-4-2/h5-6,17H,3-4H2,1-2H3,(H,18,19). The highest BCUT2D eigenvalue weighted by Crippen LogP contribution is 2.40. The van der Waals surface area contributed by atoms with E-state index in [9.17, 15) is 15.0 Å². The Morgan fingerprint density at radius 1 is 1.43 bits per heavy atom. The van der Waals surface area contributed by atoms with Crippen molar-refractivity contribution in [3.05, 3.63) is 27.7 Å². The molecule has 0 spiro atoms. The fourth-order valence-corrected chi connectivity index (χ4v) is 3.04. The summed E-state index contributed by atoms with van der Waals surface area (Å²) in [4.78, 5) is 15.7. The Morgan fingerprint density at radius 2 is 2.14 bits per heavy atom. The predicted molar refractivity (Wildman–Crippen MR) is 81.7 cm³/mol. The van der Waals surface area contributed by atoms with Crippen molar-refractivity contribution in [2.75, 3.05) is 6.61 Å². The molecule has 0 radical (unpaired) electrons. The van der Waals surface area contributed by atoms with Gasteiger partial charge in [-0.3, -0.25) is 0 Å². The maximum absolute atomic E-state index is 11.2. The van der Waals surface area contributed by atoms with Gasteiger partial charge in [0.05, 0.1) is 17.3 Å². The largest absolute Gasteiger partial charge is 0.503 e. The maximum atomic E-state index is 11.2. The number of aryl methyl sites for hydroxylation is 1. The third-order valence-corrected chi connectivity index (χ3v) is 4.22. The number of hydrogen-bond acceptors (Lipinski definition) is 5. The number of carbonyl (C=O) groups is 1. The number of aromatic carboxylic acids is 1. The zero-order valence-electron chi connectivity index (χ0n) is 11.5. The minimum Gasteiger partial charge on any atom is -0.503 e. The van der Waals surface area contributed by atoms with Crippen molar-refractivity contribution in [2.24, 2.45) is 0 Å². The van der Waals surface area contributed by atoms with Gasteiger partial charge in [0.2, 0.25) is 0 Å². The summed E-state index contributed by atoms with van der Waals surface area (Å²) in [5, 5.41) is 19.7. The number of ether oxygens (including phenoxy) is 1. The Kier molecular flexibility index (Phi) is 4.69.